The lowest BCUT2D eigenvalue weighted by molar-refractivity contribution is -0.131. The minimum atomic E-state index is -0.887. The van der Waals surface area contributed by atoms with Gasteiger partial charge in [-0.05, 0) is 18.1 Å². The van der Waals surface area contributed by atoms with Crippen LogP contribution in [-0.4, -0.2) is 24.2 Å². The van der Waals surface area contributed by atoms with E-state index in [4.69, 9.17) is 5.11 Å². The maximum Gasteiger partial charge on any atom is 0.328 e. The van der Waals surface area contributed by atoms with E-state index in [1.807, 2.05) is 12.1 Å². The van der Waals surface area contributed by atoms with Crippen molar-refractivity contribution >= 4 is 11.7 Å². The third kappa shape index (κ3) is 2.18. The number of hydrogen-bond donors (Lipinski definition) is 1. The number of carboxylic acid groups (broad SMARTS) is 1. The number of hydrogen-bond acceptors (Lipinski definition) is 2. The largest absolute Gasteiger partial charge is 0.478 e. The second kappa shape index (κ2) is 4.17. The first-order chi connectivity index (χ1) is 7.27. The lowest BCUT2D eigenvalue weighted by Gasteiger charge is -2.16. The molecule has 0 unspecified atom stereocenters. The fourth-order valence-electron chi connectivity index (χ4n) is 1.88. The van der Waals surface area contributed by atoms with Crippen LogP contribution in [0.1, 0.15) is 5.56 Å². The van der Waals surface area contributed by atoms with Crippen LogP contribution < -0.4 is 4.90 Å². The Morgan fingerprint density at radius 2 is 2.27 bits per heavy atom. The number of carbonyl (C=O) groups is 1. The molecule has 3 heteroatoms. The third-order valence-electron chi connectivity index (χ3n) is 2.57. The molecule has 2 rings (SSSR count). The van der Waals surface area contributed by atoms with Crippen molar-refractivity contribution in [2.75, 3.05) is 18.0 Å². The Balaban J connectivity index is 2.05. The summed E-state index contributed by atoms with van der Waals surface area (Å²) < 4.78 is 0. The molecule has 0 spiro atoms. The van der Waals surface area contributed by atoms with Gasteiger partial charge < -0.3 is 10.0 Å². The van der Waals surface area contributed by atoms with Gasteiger partial charge in [-0.3, -0.25) is 0 Å². The van der Waals surface area contributed by atoms with Gasteiger partial charge in [0, 0.05) is 24.9 Å². The highest BCUT2D eigenvalue weighted by atomic mass is 16.4. The van der Waals surface area contributed by atoms with Crippen LogP contribution >= 0.6 is 0 Å². The van der Waals surface area contributed by atoms with Crippen LogP contribution in [0, 0.1) is 0 Å². The van der Waals surface area contributed by atoms with E-state index >= 15 is 0 Å². The molecule has 0 fully saturated rings. The number of benzene rings is 1. The summed E-state index contributed by atoms with van der Waals surface area (Å²) in [4.78, 5) is 12.5. The standard InChI is InChI=1S/C12H13NO2/c14-12(15)6-3-8-13-9-7-10-4-1-2-5-11(10)13/h1-6H,7-9H2,(H,14,15). The molecular weight excluding hydrogens is 190 g/mol. The maximum absolute atomic E-state index is 10.3. The first kappa shape index (κ1) is 9.77. The molecule has 0 saturated carbocycles. The summed E-state index contributed by atoms with van der Waals surface area (Å²) in [5.74, 6) is -0.887. The Kier molecular flexibility index (Phi) is 2.72. The number of anilines is 1. The summed E-state index contributed by atoms with van der Waals surface area (Å²) in [5.41, 5.74) is 2.58. The molecule has 0 radical (unpaired) electrons. The highest BCUT2D eigenvalue weighted by Gasteiger charge is 2.16. The van der Waals surface area contributed by atoms with Crippen LogP contribution in [0.15, 0.2) is 36.4 Å². The van der Waals surface area contributed by atoms with Crippen molar-refractivity contribution in [3.8, 4) is 0 Å². The van der Waals surface area contributed by atoms with Crippen molar-refractivity contribution in [1.82, 2.24) is 0 Å². The lowest BCUT2D eigenvalue weighted by atomic mass is 10.2. The summed E-state index contributed by atoms with van der Waals surface area (Å²) in [6.45, 7) is 1.65. The molecule has 1 aliphatic heterocycles. The zero-order chi connectivity index (χ0) is 10.7. The molecule has 1 aliphatic rings. The van der Waals surface area contributed by atoms with Crippen molar-refractivity contribution in [2.24, 2.45) is 0 Å². The van der Waals surface area contributed by atoms with E-state index in [0.29, 0.717) is 6.54 Å². The Labute approximate surface area is 88.6 Å². The van der Waals surface area contributed by atoms with Gasteiger partial charge in [0.05, 0.1) is 0 Å². The Bertz CT molecular complexity index is 398. The molecular formula is C12H13NO2. The normalized spacial score (nSPS) is 14.5. The monoisotopic (exact) mass is 203 g/mol. The van der Waals surface area contributed by atoms with E-state index in [2.05, 4.69) is 17.0 Å². The summed E-state index contributed by atoms with van der Waals surface area (Å²) >= 11 is 0. The molecule has 78 valence electrons. The second-order valence-electron chi connectivity index (χ2n) is 3.57. The van der Waals surface area contributed by atoms with Crippen LogP contribution in [-0.2, 0) is 11.2 Å². The summed E-state index contributed by atoms with van der Waals surface area (Å²) in [7, 11) is 0. The van der Waals surface area contributed by atoms with Crippen LogP contribution in [0.4, 0.5) is 5.69 Å². The van der Waals surface area contributed by atoms with E-state index in [9.17, 15) is 4.79 Å². The zero-order valence-electron chi connectivity index (χ0n) is 8.39. The van der Waals surface area contributed by atoms with Crippen molar-refractivity contribution in [3.63, 3.8) is 0 Å². The molecule has 15 heavy (non-hydrogen) atoms. The summed E-state index contributed by atoms with van der Waals surface area (Å²) in [5, 5.41) is 8.48. The molecule has 1 aromatic rings. The van der Waals surface area contributed by atoms with Crippen LogP contribution in [0.5, 0.6) is 0 Å². The SMILES string of the molecule is O=C(O)C=CCN1CCc2ccccc21. The fraction of sp³-hybridized carbons (Fsp3) is 0.250. The summed E-state index contributed by atoms with van der Waals surface area (Å²) in [6.07, 6.45) is 3.93. The highest BCUT2D eigenvalue weighted by molar-refractivity contribution is 5.79. The van der Waals surface area contributed by atoms with Crippen molar-refractivity contribution < 1.29 is 9.90 Å². The van der Waals surface area contributed by atoms with Gasteiger partial charge in [0.2, 0.25) is 0 Å². The van der Waals surface area contributed by atoms with Gasteiger partial charge in [0.15, 0.2) is 0 Å². The van der Waals surface area contributed by atoms with Gasteiger partial charge >= 0.3 is 5.97 Å². The predicted octanol–water partition coefficient (Wildman–Crippen LogP) is 1.69. The first-order valence-corrected chi connectivity index (χ1v) is 4.99. The van der Waals surface area contributed by atoms with Crippen LogP contribution in [0.2, 0.25) is 0 Å². The molecule has 1 heterocycles. The van der Waals surface area contributed by atoms with Gasteiger partial charge in [-0.2, -0.15) is 0 Å². The summed E-state index contributed by atoms with van der Waals surface area (Å²) in [6, 6.07) is 8.25. The number of para-hydroxylation sites is 1. The highest BCUT2D eigenvalue weighted by Crippen LogP contribution is 2.26. The second-order valence-corrected chi connectivity index (χ2v) is 3.57. The molecule has 0 aliphatic carbocycles. The van der Waals surface area contributed by atoms with E-state index < -0.39 is 5.97 Å². The van der Waals surface area contributed by atoms with Gasteiger partial charge in [-0.25, -0.2) is 4.79 Å². The number of nitrogens with zero attached hydrogens (tertiary/aromatic N) is 1. The topological polar surface area (TPSA) is 40.5 Å². The minimum absolute atomic E-state index is 0.670. The molecule has 1 N–H and O–H groups in total. The molecule has 0 saturated heterocycles. The Hall–Kier alpha value is -1.77. The van der Waals surface area contributed by atoms with Gasteiger partial charge in [0.25, 0.3) is 0 Å². The maximum atomic E-state index is 10.3. The average Bonchev–Trinajstić information content (AvgIpc) is 2.62. The smallest absolute Gasteiger partial charge is 0.328 e. The number of rotatable bonds is 3. The van der Waals surface area contributed by atoms with E-state index in [1.54, 1.807) is 6.08 Å². The fourth-order valence-corrected chi connectivity index (χ4v) is 1.88. The van der Waals surface area contributed by atoms with Crippen molar-refractivity contribution in [1.29, 1.82) is 0 Å². The molecule has 3 nitrogen and oxygen atoms in total. The molecule has 1 aromatic carbocycles. The zero-order valence-corrected chi connectivity index (χ0v) is 8.39. The Morgan fingerprint density at radius 1 is 1.47 bits per heavy atom. The van der Waals surface area contributed by atoms with Crippen molar-refractivity contribution in [3.05, 3.63) is 42.0 Å². The number of aliphatic carboxylic acids is 1. The number of carboxylic acids is 1. The van der Waals surface area contributed by atoms with Crippen LogP contribution in [0.3, 0.4) is 0 Å². The van der Waals surface area contributed by atoms with Crippen LogP contribution in [0.25, 0.3) is 0 Å². The predicted molar refractivity (Wildman–Crippen MR) is 59.1 cm³/mol. The molecule has 0 amide bonds. The Morgan fingerprint density at radius 3 is 3.07 bits per heavy atom. The minimum Gasteiger partial charge on any atom is -0.478 e. The molecule has 0 bridgehead atoms. The van der Waals surface area contributed by atoms with Gasteiger partial charge in [-0.15, -0.1) is 0 Å². The average molecular weight is 203 g/mol. The number of fused-ring (bicyclic) bond motifs is 1. The molecule has 0 aromatic heterocycles. The quantitative estimate of drug-likeness (QED) is 0.760. The van der Waals surface area contributed by atoms with Crippen molar-refractivity contribution in [2.45, 2.75) is 6.42 Å². The van der Waals surface area contributed by atoms with Gasteiger partial charge in [0.1, 0.15) is 0 Å². The lowest BCUT2D eigenvalue weighted by Crippen LogP contribution is -2.20. The van der Waals surface area contributed by atoms with Gasteiger partial charge in [-0.1, -0.05) is 24.3 Å². The molecule has 0 atom stereocenters. The van der Waals surface area contributed by atoms with E-state index in [-0.39, 0.29) is 0 Å². The van der Waals surface area contributed by atoms with E-state index in [0.717, 1.165) is 13.0 Å². The first-order valence-electron chi connectivity index (χ1n) is 4.99. The third-order valence-corrected chi connectivity index (χ3v) is 2.57. The van der Waals surface area contributed by atoms with E-state index in [1.165, 1.54) is 17.3 Å².